The van der Waals surface area contributed by atoms with Crippen molar-refractivity contribution >= 4 is 44.2 Å². The molecule has 0 bridgehead atoms. The van der Waals surface area contributed by atoms with Crippen LogP contribution in [0.25, 0.3) is 10.2 Å². The number of amides is 1. The summed E-state index contributed by atoms with van der Waals surface area (Å²) in [7, 11) is 0. The van der Waals surface area contributed by atoms with Crippen molar-refractivity contribution in [1.29, 1.82) is 0 Å². The molecule has 0 saturated heterocycles. The Morgan fingerprint density at radius 3 is 2.78 bits per heavy atom. The molecule has 3 rings (SSSR count). The summed E-state index contributed by atoms with van der Waals surface area (Å²) in [5, 5.41) is 12.8. The van der Waals surface area contributed by atoms with Gasteiger partial charge in [-0.1, -0.05) is 22.9 Å². The monoisotopic (exact) mass is 354 g/mol. The number of rotatable bonds is 2. The number of aryl methyl sites for hydroxylation is 1. The van der Waals surface area contributed by atoms with Crippen LogP contribution in [0.15, 0.2) is 24.3 Å². The van der Waals surface area contributed by atoms with Crippen molar-refractivity contribution in [3.05, 3.63) is 52.0 Å². The van der Waals surface area contributed by atoms with Gasteiger partial charge in [0.15, 0.2) is 10.9 Å². The number of nitrogens with zero attached hydrogens (tertiary/aromatic N) is 1. The third kappa shape index (κ3) is 2.97. The molecule has 0 unspecified atom stereocenters. The van der Waals surface area contributed by atoms with Crippen LogP contribution in [0, 0.1) is 18.6 Å². The van der Waals surface area contributed by atoms with E-state index in [1.54, 1.807) is 6.92 Å². The number of anilines is 1. The molecule has 23 heavy (non-hydrogen) atoms. The summed E-state index contributed by atoms with van der Waals surface area (Å²) >= 11 is 6.80. The van der Waals surface area contributed by atoms with E-state index >= 15 is 0 Å². The Hall–Kier alpha value is -2.25. The second-order valence-corrected chi connectivity index (χ2v) is 6.29. The molecule has 0 aliphatic carbocycles. The van der Waals surface area contributed by atoms with Crippen molar-refractivity contribution in [3.63, 3.8) is 0 Å². The fraction of sp³-hybridized carbons (Fsp3) is 0.0667. The number of carbonyl (C=O) groups is 1. The van der Waals surface area contributed by atoms with E-state index in [2.05, 4.69) is 10.3 Å². The Balaban J connectivity index is 1.96. The van der Waals surface area contributed by atoms with E-state index in [1.165, 1.54) is 12.1 Å². The molecule has 1 amide bonds. The normalized spacial score (nSPS) is 11.0. The van der Waals surface area contributed by atoms with Gasteiger partial charge in [0.25, 0.3) is 5.91 Å². The van der Waals surface area contributed by atoms with Gasteiger partial charge in [0.1, 0.15) is 17.1 Å². The Labute approximate surface area is 138 Å². The predicted molar refractivity (Wildman–Crippen MR) is 85.3 cm³/mol. The van der Waals surface area contributed by atoms with Crippen molar-refractivity contribution < 1.29 is 18.7 Å². The van der Waals surface area contributed by atoms with E-state index in [0.29, 0.717) is 10.6 Å². The second kappa shape index (κ2) is 5.75. The molecular formula is C15H9ClF2N2O2S. The van der Waals surface area contributed by atoms with E-state index < -0.39 is 17.5 Å². The molecule has 0 atom stereocenters. The Kier molecular flexibility index (Phi) is 3.91. The maximum Gasteiger partial charge on any atom is 0.261 e. The van der Waals surface area contributed by atoms with Crippen LogP contribution in [0.5, 0.6) is 5.75 Å². The molecule has 0 aliphatic rings. The van der Waals surface area contributed by atoms with E-state index in [4.69, 9.17) is 11.6 Å². The molecule has 2 aromatic carbocycles. The zero-order valence-corrected chi connectivity index (χ0v) is 13.2. The summed E-state index contributed by atoms with van der Waals surface area (Å²) in [6.07, 6.45) is 0. The topological polar surface area (TPSA) is 62.2 Å². The number of halogens is 3. The first-order chi connectivity index (χ1) is 10.8. The number of fused-ring (bicyclic) bond motifs is 1. The zero-order valence-electron chi connectivity index (χ0n) is 11.7. The largest absolute Gasteiger partial charge is 0.507 e. The summed E-state index contributed by atoms with van der Waals surface area (Å²) in [6, 6.07) is 4.68. The highest BCUT2D eigenvalue weighted by atomic mass is 35.5. The van der Waals surface area contributed by atoms with E-state index in [1.807, 2.05) is 0 Å². The van der Waals surface area contributed by atoms with Crippen molar-refractivity contribution in [1.82, 2.24) is 4.98 Å². The fourth-order valence-corrected chi connectivity index (χ4v) is 3.26. The van der Waals surface area contributed by atoms with Gasteiger partial charge in [0, 0.05) is 11.1 Å². The molecule has 0 saturated carbocycles. The van der Waals surface area contributed by atoms with Crippen molar-refractivity contribution in [2.24, 2.45) is 0 Å². The average molecular weight is 355 g/mol. The molecule has 0 fully saturated rings. The molecule has 0 radical (unpaired) electrons. The zero-order chi connectivity index (χ0) is 16.7. The number of aromatic hydroxyl groups is 1. The summed E-state index contributed by atoms with van der Waals surface area (Å²) in [6.45, 7) is 1.60. The molecule has 1 aromatic heterocycles. The lowest BCUT2D eigenvalue weighted by Crippen LogP contribution is -2.12. The second-order valence-electron chi connectivity index (χ2n) is 4.83. The first-order valence-electron chi connectivity index (χ1n) is 6.41. The lowest BCUT2D eigenvalue weighted by molar-refractivity contribution is 0.102. The molecule has 0 aliphatic heterocycles. The number of hydrogen-bond acceptors (Lipinski definition) is 4. The number of carbonyl (C=O) groups excluding carboxylic acids is 1. The van der Waals surface area contributed by atoms with Gasteiger partial charge in [-0.2, -0.15) is 0 Å². The van der Waals surface area contributed by atoms with E-state index in [-0.39, 0.29) is 26.7 Å². The third-order valence-corrected chi connectivity index (χ3v) is 4.28. The number of hydrogen-bond donors (Lipinski definition) is 2. The standard InChI is InChI=1S/C15H9ClF2N2O2S/c1-6-2-7(16)3-9(13(6)21)14(22)20-15-19-12-10(18)4-8(17)5-11(12)23-15/h2-5,21H,1H3,(H,19,20,22). The summed E-state index contributed by atoms with van der Waals surface area (Å²) in [4.78, 5) is 16.2. The summed E-state index contributed by atoms with van der Waals surface area (Å²) in [5.74, 6) is -2.38. The van der Waals surface area contributed by atoms with Crippen LogP contribution in [0.2, 0.25) is 5.02 Å². The lowest BCUT2D eigenvalue weighted by Gasteiger charge is -2.07. The van der Waals surface area contributed by atoms with Crippen LogP contribution in [0.3, 0.4) is 0 Å². The van der Waals surface area contributed by atoms with Gasteiger partial charge in [-0.05, 0) is 30.7 Å². The minimum Gasteiger partial charge on any atom is -0.507 e. The Bertz CT molecular complexity index is 943. The molecule has 1 heterocycles. The molecule has 8 heteroatoms. The highest BCUT2D eigenvalue weighted by molar-refractivity contribution is 7.22. The first kappa shape index (κ1) is 15.6. The number of phenols is 1. The number of benzene rings is 2. The van der Waals surface area contributed by atoms with Crippen LogP contribution in [-0.2, 0) is 0 Å². The average Bonchev–Trinajstić information content (AvgIpc) is 2.85. The number of thiazole rings is 1. The van der Waals surface area contributed by atoms with Crippen LogP contribution in [0.1, 0.15) is 15.9 Å². The number of nitrogens with one attached hydrogen (secondary N) is 1. The third-order valence-electron chi connectivity index (χ3n) is 3.14. The SMILES string of the molecule is Cc1cc(Cl)cc(C(=O)Nc2nc3c(F)cc(F)cc3s2)c1O. The van der Waals surface area contributed by atoms with Crippen LogP contribution in [0.4, 0.5) is 13.9 Å². The highest BCUT2D eigenvalue weighted by Crippen LogP contribution is 2.31. The Morgan fingerprint density at radius 1 is 1.30 bits per heavy atom. The molecule has 2 N–H and O–H groups in total. The maximum atomic E-state index is 13.6. The quantitative estimate of drug-likeness (QED) is 0.712. The first-order valence-corrected chi connectivity index (χ1v) is 7.60. The predicted octanol–water partition coefficient (Wildman–Crippen LogP) is 4.49. The van der Waals surface area contributed by atoms with Gasteiger partial charge in [-0.3, -0.25) is 10.1 Å². The molecular weight excluding hydrogens is 346 g/mol. The van der Waals surface area contributed by atoms with Gasteiger partial charge in [0.2, 0.25) is 0 Å². The minimum absolute atomic E-state index is 0.0269. The molecule has 3 aromatic rings. The molecule has 118 valence electrons. The maximum absolute atomic E-state index is 13.6. The van der Waals surface area contributed by atoms with Crippen LogP contribution < -0.4 is 5.32 Å². The smallest absolute Gasteiger partial charge is 0.261 e. The number of phenolic OH excluding ortho intramolecular Hbond substituents is 1. The van der Waals surface area contributed by atoms with E-state index in [9.17, 15) is 18.7 Å². The lowest BCUT2D eigenvalue weighted by atomic mass is 10.1. The van der Waals surface area contributed by atoms with Crippen LogP contribution >= 0.6 is 22.9 Å². The van der Waals surface area contributed by atoms with Gasteiger partial charge in [-0.15, -0.1) is 0 Å². The molecule has 0 spiro atoms. The summed E-state index contributed by atoms with van der Waals surface area (Å²) < 4.78 is 27.1. The molecule has 4 nitrogen and oxygen atoms in total. The van der Waals surface area contributed by atoms with Gasteiger partial charge in [0.05, 0.1) is 10.3 Å². The van der Waals surface area contributed by atoms with Gasteiger partial charge < -0.3 is 5.11 Å². The van der Waals surface area contributed by atoms with E-state index in [0.717, 1.165) is 23.5 Å². The van der Waals surface area contributed by atoms with Gasteiger partial charge >= 0.3 is 0 Å². The van der Waals surface area contributed by atoms with Crippen LogP contribution in [-0.4, -0.2) is 16.0 Å². The summed E-state index contributed by atoms with van der Waals surface area (Å²) in [5.41, 5.74) is 0.388. The van der Waals surface area contributed by atoms with Crippen molar-refractivity contribution in [3.8, 4) is 5.75 Å². The highest BCUT2D eigenvalue weighted by Gasteiger charge is 2.17. The number of aromatic nitrogens is 1. The van der Waals surface area contributed by atoms with Crippen molar-refractivity contribution in [2.45, 2.75) is 6.92 Å². The minimum atomic E-state index is -0.807. The van der Waals surface area contributed by atoms with Crippen molar-refractivity contribution in [2.75, 3.05) is 5.32 Å². The fourth-order valence-electron chi connectivity index (χ4n) is 2.08. The Morgan fingerprint density at radius 2 is 2.04 bits per heavy atom. The van der Waals surface area contributed by atoms with Gasteiger partial charge in [-0.25, -0.2) is 13.8 Å².